The molecule has 0 saturated heterocycles. The molecule has 0 aliphatic heterocycles. The fourth-order valence-electron chi connectivity index (χ4n) is 3.16. The molecule has 1 heterocycles. The minimum Gasteiger partial charge on any atom is -0.451 e. The Hall–Kier alpha value is -2.66. The van der Waals surface area contributed by atoms with Crippen LogP contribution in [0.3, 0.4) is 0 Å². The van der Waals surface area contributed by atoms with Crippen LogP contribution in [0, 0.1) is 12.7 Å². The highest BCUT2D eigenvalue weighted by atomic mass is 35.5. The van der Waals surface area contributed by atoms with Crippen molar-refractivity contribution >= 4 is 28.5 Å². The molecule has 3 aromatic rings. The van der Waals surface area contributed by atoms with Gasteiger partial charge in [-0.3, -0.25) is 9.59 Å². The van der Waals surface area contributed by atoms with Crippen molar-refractivity contribution < 1.29 is 13.6 Å². The van der Waals surface area contributed by atoms with Crippen LogP contribution in [-0.2, 0) is 0 Å². The van der Waals surface area contributed by atoms with Gasteiger partial charge >= 0.3 is 0 Å². The van der Waals surface area contributed by atoms with Crippen LogP contribution in [0.4, 0.5) is 4.39 Å². The van der Waals surface area contributed by atoms with Gasteiger partial charge in [-0.25, -0.2) is 4.39 Å². The second kappa shape index (κ2) is 8.57. The maximum atomic E-state index is 13.2. The predicted molar refractivity (Wildman–Crippen MR) is 109 cm³/mol. The van der Waals surface area contributed by atoms with Crippen molar-refractivity contribution in [2.45, 2.75) is 32.6 Å². The molecule has 1 unspecified atom stereocenters. The molecule has 28 heavy (non-hydrogen) atoms. The number of hydrogen-bond acceptors (Lipinski definition) is 3. The number of aryl methyl sites for hydroxylation is 1. The van der Waals surface area contributed by atoms with E-state index in [0.29, 0.717) is 22.5 Å². The van der Waals surface area contributed by atoms with Gasteiger partial charge in [0.1, 0.15) is 11.4 Å². The van der Waals surface area contributed by atoms with Gasteiger partial charge in [0.15, 0.2) is 11.2 Å². The third-order valence-electron chi connectivity index (χ3n) is 4.72. The molecule has 4 nitrogen and oxygen atoms in total. The van der Waals surface area contributed by atoms with Crippen molar-refractivity contribution in [1.29, 1.82) is 0 Å². The van der Waals surface area contributed by atoms with E-state index in [2.05, 4.69) is 5.32 Å². The number of halogens is 2. The van der Waals surface area contributed by atoms with E-state index >= 15 is 0 Å². The second-order valence-corrected chi connectivity index (χ2v) is 7.23. The van der Waals surface area contributed by atoms with Crippen LogP contribution in [0.5, 0.6) is 0 Å². The summed E-state index contributed by atoms with van der Waals surface area (Å²) >= 11 is 6.06. The first kappa shape index (κ1) is 20.1. The number of carbonyl (C=O) groups is 1. The molecule has 0 aliphatic carbocycles. The van der Waals surface area contributed by atoms with Gasteiger partial charge < -0.3 is 9.73 Å². The fraction of sp³-hybridized carbons (Fsp3) is 0.273. The van der Waals surface area contributed by atoms with E-state index in [4.69, 9.17) is 16.0 Å². The van der Waals surface area contributed by atoms with Crippen molar-refractivity contribution in [3.05, 3.63) is 80.4 Å². The zero-order chi connectivity index (χ0) is 20.3. The molecular weight excluding hydrogens is 381 g/mol. The van der Waals surface area contributed by atoms with Crippen LogP contribution in [0.15, 0.2) is 51.7 Å². The Balaban J connectivity index is 1.80. The lowest BCUT2D eigenvalue weighted by atomic mass is 9.94. The first-order chi connectivity index (χ1) is 13.4. The lowest BCUT2D eigenvalue weighted by Gasteiger charge is -2.17. The van der Waals surface area contributed by atoms with Gasteiger partial charge in [-0.1, -0.05) is 37.1 Å². The molecule has 146 valence electrons. The standard InChI is InChI=1S/C22H21ClFNO3/c1-3-4-15(14-5-7-16(24)8-6-14)12-25-22(27)21-11-19(26)17-10-18(23)13(2)9-20(17)28-21/h5-11,15H,3-4,12H2,1-2H3,(H,25,27). The Bertz CT molecular complexity index is 1060. The van der Waals surface area contributed by atoms with Crippen molar-refractivity contribution in [2.75, 3.05) is 6.54 Å². The number of nitrogens with one attached hydrogen (secondary N) is 1. The number of amides is 1. The topological polar surface area (TPSA) is 59.3 Å². The number of benzene rings is 2. The van der Waals surface area contributed by atoms with Crippen molar-refractivity contribution in [2.24, 2.45) is 0 Å². The summed E-state index contributed by atoms with van der Waals surface area (Å²) in [6, 6.07) is 10.6. The van der Waals surface area contributed by atoms with E-state index in [-0.39, 0.29) is 22.9 Å². The lowest BCUT2D eigenvalue weighted by molar-refractivity contribution is 0.0923. The third kappa shape index (κ3) is 4.42. The summed E-state index contributed by atoms with van der Waals surface area (Å²) < 4.78 is 18.8. The molecule has 0 radical (unpaired) electrons. The monoisotopic (exact) mass is 401 g/mol. The summed E-state index contributed by atoms with van der Waals surface area (Å²) in [6.45, 7) is 4.21. The van der Waals surface area contributed by atoms with Crippen LogP contribution in [-0.4, -0.2) is 12.5 Å². The summed E-state index contributed by atoms with van der Waals surface area (Å²) in [5.74, 6) is -0.762. The van der Waals surface area contributed by atoms with E-state index in [1.165, 1.54) is 18.2 Å². The van der Waals surface area contributed by atoms with Crippen LogP contribution in [0.2, 0.25) is 5.02 Å². The summed E-state index contributed by atoms with van der Waals surface area (Å²) in [5, 5.41) is 3.63. The third-order valence-corrected chi connectivity index (χ3v) is 5.13. The molecule has 1 atom stereocenters. The Morgan fingerprint density at radius 3 is 2.61 bits per heavy atom. The quantitative estimate of drug-likeness (QED) is 0.617. The van der Waals surface area contributed by atoms with Gasteiger partial charge in [0, 0.05) is 23.6 Å². The average Bonchev–Trinajstić information content (AvgIpc) is 2.67. The average molecular weight is 402 g/mol. The van der Waals surface area contributed by atoms with Crippen molar-refractivity contribution in [3.63, 3.8) is 0 Å². The van der Waals surface area contributed by atoms with Crippen molar-refractivity contribution in [3.8, 4) is 0 Å². The highest BCUT2D eigenvalue weighted by Crippen LogP contribution is 2.23. The lowest BCUT2D eigenvalue weighted by Crippen LogP contribution is -2.29. The smallest absolute Gasteiger partial charge is 0.287 e. The van der Waals surface area contributed by atoms with E-state index in [0.717, 1.165) is 24.0 Å². The summed E-state index contributed by atoms with van der Waals surface area (Å²) in [6.07, 6.45) is 1.76. The van der Waals surface area contributed by atoms with Gasteiger partial charge in [-0.15, -0.1) is 0 Å². The second-order valence-electron chi connectivity index (χ2n) is 6.82. The van der Waals surface area contributed by atoms with Crippen LogP contribution < -0.4 is 10.7 Å². The molecule has 1 aromatic heterocycles. The van der Waals surface area contributed by atoms with E-state index in [9.17, 15) is 14.0 Å². The Labute approximate surface area is 167 Å². The largest absolute Gasteiger partial charge is 0.451 e. The van der Waals surface area contributed by atoms with Crippen molar-refractivity contribution in [1.82, 2.24) is 5.32 Å². The molecule has 0 spiro atoms. The van der Waals surface area contributed by atoms with E-state index in [1.54, 1.807) is 31.2 Å². The van der Waals surface area contributed by atoms with Gasteiger partial charge in [0.05, 0.1) is 5.39 Å². The first-order valence-corrected chi connectivity index (χ1v) is 9.54. The number of rotatable bonds is 6. The number of hydrogen-bond donors (Lipinski definition) is 1. The maximum absolute atomic E-state index is 13.2. The number of carbonyl (C=O) groups excluding carboxylic acids is 1. The molecule has 0 bridgehead atoms. The SMILES string of the molecule is CCCC(CNC(=O)c1cc(=O)c2cc(Cl)c(C)cc2o1)c1ccc(F)cc1. The summed E-state index contributed by atoms with van der Waals surface area (Å²) in [7, 11) is 0. The molecule has 2 aromatic carbocycles. The molecule has 6 heteroatoms. The zero-order valence-electron chi connectivity index (χ0n) is 15.7. The fourth-order valence-corrected chi connectivity index (χ4v) is 3.33. The highest BCUT2D eigenvalue weighted by molar-refractivity contribution is 6.32. The molecule has 1 amide bonds. The zero-order valence-corrected chi connectivity index (χ0v) is 16.5. The van der Waals surface area contributed by atoms with Crippen LogP contribution in [0.25, 0.3) is 11.0 Å². The molecule has 0 fully saturated rings. The van der Waals surface area contributed by atoms with Gasteiger partial charge in [0.2, 0.25) is 0 Å². The van der Waals surface area contributed by atoms with E-state index in [1.807, 2.05) is 6.92 Å². The molecular formula is C22H21ClFNO3. The minimum absolute atomic E-state index is 0.0442. The molecule has 0 aliphatic rings. The number of fused-ring (bicyclic) bond motifs is 1. The Morgan fingerprint density at radius 1 is 1.21 bits per heavy atom. The Morgan fingerprint density at radius 2 is 1.93 bits per heavy atom. The van der Waals surface area contributed by atoms with Crippen LogP contribution in [0.1, 0.15) is 47.4 Å². The van der Waals surface area contributed by atoms with E-state index < -0.39 is 5.91 Å². The first-order valence-electron chi connectivity index (χ1n) is 9.16. The Kier molecular flexibility index (Phi) is 6.15. The molecule has 3 rings (SSSR count). The summed E-state index contributed by atoms with van der Waals surface area (Å²) in [4.78, 5) is 24.9. The highest BCUT2D eigenvalue weighted by Gasteiger charge is 2.17. The predicted octanol–water partition coefficient (Wildman–Crippen LogP) is 5.21. The normalized spacial score (nSPS) is 12.1. The van der Waals surface area contributed by atoms with Gasteiger partial charge in [-0.2, -0.15) is 0 Å². The molecule has 0 saturated carbocycles. The maximum Gasteiger partial charge on any atom is 0.287 e. The molecule has 1 N–H and O–H groups in total. The summed E-state index contributed by atoms with van der Waals surface area (Å²) in [5.41, 5.74) is 1.71. The van der Waals surface area contributed by atoms with Gasteiger partial charge in [-0.05, 0) is 48.7 Å². The van der Waals surface area contributed by atoms with Crippen LogP contribution >= 0.6 is 11.6 Å². The van der Waals surface area contributed by atoms with Gasteiger partial charge in [0.25, 0.3) is 5.91 Å². The minimum atomic E-state index is -0.463.